The maximum atomic E-state index is 5.94. The van der Waals surface area contributed by atoms with Gasteiger partial charge in [0.2, 0.25) is 0 Å². The zero-order valence-electron chi connectivity index (χ0n) is 13.5. The summed E-state index contributed by atoms with van der Waals surface area (Å²) < 4.78 is 9.06. The summed E-state index contributed by atoms with van der Waals surface area (Å²) in [7, 11) is 1.81. The van der Waals surface area contributed by atoms with Crippen LogP contribution >= 0.6 is 15.9 Å². The molecule has 0 amide bonds. The van der Waals surface area contributed by atoms with Crippen molar-refractivity contribution in [3.63, 3.8) is 0 Å². The molecule has 0 bridgehead atoms. The Balaban J connectivity index is 3.36. The largest absolute Gasteiger partial charge is 0.376 e. The lowest BCUT2D eigenvalue weighted by atomic mass is 9.85. The number of aromatic nitrogens is 2. The average Bonchev–Trinajstić information content (AvgIpc) is 2.82. The predicted octanol–water partition coefficient (Wildman–Crippen LogP) is 4.08. The van der Waals surface area contributed by atoms with Crippen molar-refractivity contribution in [2.24, 2.45) is 0 Å². The Hall–Kier alpha value is -0.390. The Morgan fingerprint density at radius 3 is 2.35 bits per heavy atom. The molecule has 5 heteroatoms. The molecule has 20 heavy (non-hydrogen) atoms. The van der Waals surface area contributed by atoms with Gasteiger partial charge in [-0.05, 0) is 49.2 Å². The summed E-state index contributed by atoms with van der Waals surface area (Å²) in [5.74, 6) is 0. The van der Waals surface area contributed by atoms with E-state index >= 15 is 0 Å². The van der Waals surface area contributed by atoms with Gasteiger partial charge in [-0.25, -0.2) is 0 Å². The van der Waals surface area contributed by atoms with Crippen LogP contribution in [0.3, 0.4) is 0 Å². The van der Waals surface area contributed by atoms with Gasteiger partial charge in [-0.3, -0.25) is 4.68 Å². The molecule has 0 saturated carbocycles. The molecule has 1 N–H and O–H groups in total. The smallest absolute Gasteiger partial charge is 0.0882 e. The lowest BCUT2D eigenvalue weighted by molar-refractivity contribution is -0.0507. The molecule has 0 radical (unpaired) electrons. The van der Waals surface area contributed by atoms with Crippen LogP contribution in [-0.4, -0.2) is 29.0 Å². The lowest BCUT2D eigenvalue weighted by Gasteiger charge is -2.39. The number of hydrogen-bond donors (Lipinski definition) is 1. The van der Waals surface area contributed by atoms with Gasteiger partial charge in [-0.2, -0.15) is 5.10 Å². The van der Waals surface area contributed by atoms with Crippen molar-refractivity contribution >= 4 is 15.9 Å². The van der Waals surface area contributed by atoms with Crippen LogP contribution in [-0.2, 0) is 4.74 Å². The second kappa shape index (κ2) is 7.57. The molecule has 0 aliphatic carbocycles. The van der Waals surface area contributed by atoms with Crippen LogP contribution in [0, 0.1) is 0 Å². The highest BCUT2D eigenvalue weighted by atomic mass is 79.9. The summed E-state index contributed by atoms with van der Waals surface area (Å²) in [5, 5.41) is 8.11. The number of rotatable bonds is 8. The van der Waals surface area contributed by atoms with Crippen molar-refractivity contribution in [2.45, 2.75) is 65.1 Å². The van der Waals surface area contributed by atoms with E-state index in [1.807, 2.05) is 6.20 Å². The van der Waals surface area contributed by atoms with Gasteiger partial charge in [0.15, 0.2) is 0 Å². The topological polar surface area (TPSA) is 39.1 Å². The Bertz CT molecular complexity index is 405. The van der Waals surface area contributed by atoms with Crippen LogP contribution < -0.4 is 5.32 Å². The fraction of sp³-hybridized carbons (Fsp3) is 0.800. The minimum Gasteiger partial charge on any atom is -0.376 e. The van der Waals surface area contributed by atoms with Gasteiger partial charge < -0.3 is 10.1 Å². The first-order chi connectivity index (χ1) is 9.47. The molecule has 0 aromatic carbocycles. The third-order valence-electron chi connectivity index (χ3n) is 4.09. The first-order valence-corrected chi connectivity index (χ1v) is 8.28. The molecule has 116 valence electrons. The minimum atomic E-state index is -0.217. The van der Waals surface area contributed by atoms with Gasteiger partial charge in [0.25, 0.3) is 0 Å². The van der Waals surface area contributed by atoms with E-state index in [1.165, 1.54) is 5.69 Å². The van der Waals surface area contributed by atoms with E-state index in [1.54, 1.807) is 7.11 Å². The zero-order valence-corrected chi connectivity index (χ0v) is 15.1. The SMILES string of the molecule is CCNC(c1c(Br)cnn1C(C)C)C(CC)(CC)OC. The maximum Gasteiger partial charge on any atom is 0.0882 e. The number of halogens is 1. The van der Waals surface area contributed by atoms with Crippen LogP contribution in [0.2, 0.25) is 0 Å². The summed E-state index contributed by atoms with van der Waals surface area (Å²) in [6.45, 7) is 11.7. The fourth-order valence-electron chi connectivity index (χ4n) is 2.83. The first kappa shape index (κ1) is 17.7. The molecule has 1 unspecified atom stereocenters. The molecule has 4 nitrogen and oxygen atoms in total. The van der Waals surface area contributed by atoms with Crippen LogP contribution in [0.25, 0.3) is 0 Å². The first-order valence-electron chi connectivity index (χ1n) is 7.48. The molecule has 0 saturated heterocycles. The molecule has 1 aromatic heterocycles. The van der Waals surface area contributed by atoms with Crippen molar-refractivity contribution in [2.75, 3.05) is 13.7 Å². The maximum absolute atomic E-state index is 5.94. The van der Waals surface area contributed by atoms with Crippen molar-refractivity contribution in [1.82, 2.24) is 15.1 Å². The molecule has 1 rings (SSSR count). The third kappa shape index (κ3) is 3.26. The highest BCUT2D eigenvalue weighted by Gasteiger charge is 2.39. The van der Waals surface area contributed by atoms with E-state index in [-0.39, 0.29) is 11.6 Å². The standard InChI is InChI=1S/C15H28BrN3O/c1-7-15(8-2,20-6)14(17-9-3)13-12(16)10-18-19(13)11(4)5/h10-11,14,17H,7-9H2,1-6H3. The highest BCUT2D eigenvalue weighted by molar-refractivity contribution is 9.10. The van der Waals surface area contributed by atoms with Crippen LogP contribution in [0.4, 0.5) is 0 Å². The fourth-order valence-corrected chi connectivity index (χ4v) is 3.34. The molecular formula is C15H28BrN3O. The van der Waals surface area contributed by atoms with Crippen molar-refractivity contribution in [3.8, 4) is 0 Å². The average molecular weight is 346 g/mol. The van der Waals surface area contributed by atoms with Crippen LogP contribution in [0.1, 0.15) is 65.2 Å². The predicted molar refractivity (Wildman–Crippen MR) is 87.1 cm³/mol. The zero-order chi connectivity index (χ0) is 15.3. The number of nitrogens with one attached hydrogen (secondary N) is 1. The van der Waals surface area contributed by atoms with Crippen LogP contribution in [0.5, 0.6) is 0 Å². The number of methoxy groups -OCH3 is 1. The molecule has 0 aliphatic heterocycles. The summed E-state index contributed by atoms with van der Waals surface area (Å²) in [5.41, 5.74) is 0.956. The lowest BCUT2D eigenvalue weighted by Crippen LogP contribution is -2.46. The Kier molecular flexibility index (Phi) is 6.69. The van der Waals surface area contributed by atoms with E-state index in [0.717, 1.165) is 23.9 Å². The number of ether oxygens (including phenoxy) is 1. The van der Waals surface area contributed by atoms with Gasteiger partial charge in [0, 0.05) is 13.2 Å². The number of hydrogen-bond acceptors (Lipinski definition) is 3. The number of likely N-dealkylation sites (N-methyl/N-ethyl adjacent to an activating group) is 1. The second-order valence-electron chi connectivity index (χ2n) is 5.38. The van der Waals surface area contributed by atoms with Gasteiger partial charge in [-0.1, -0.05) is 20.8 Å². The van der Waals surface area contributed by atoms with E-state index < -0.39 is 0 Å². The molecule has 0 fully saturated rings. The van der Waals surface area contributed by atoms with Gasteiger partial charge in [0.1, 0.15) is 0 Å². The quantitative estimate of drug-likeness (QED) is 0.771. The van der Waals surface area contributed by atoms with E-state index in [9.17, 15) is 0 Å². The van der Waals surface area contributed by atoms with E-state index in [0.29, 0.717) is 6.04 Å². The Morgan fingerprint density at radius 1 is 1.35 bits per heavy atom. The molecule has 0 spiro atoms. The Labute approximate surface area is 131 Å². The molecular weight excluding hydrogens is 318 g/mol. The Morgan fingerprint density at radius 2 is 1.95 bits per heavy atom. The molecule has 1 atom stereocenters. The summed E-state index contributed by atoms with van der Waals surface area (Å²) in [4.78, 5) is 0. The van der Waals surface area contributed by atoms with Crippen molar-refractivity contribution in [1.29, 1.82) is 0 Å². The van der Waals surface area contributed by atoms with Gasteiger partial charge >= 0.3 is 0 Å². The van der Waals surface area contributed by atoms with Crippen molar-refractivity contribution in [3.05, 3.63) is 16.4 Å². The van der Waals surface area contributed by atoms with Crippen molar-refractivity contribution < 1.29 is 4.74 Å². The highest BCUT2D eigenvalue weighted by Crippen LogP contribution is 2.38. The molecule has 1 heterocycles. The summed E-state index contributed by atoms with van der Waals surface area (Å²) in [6.07, 6.45) is 3.78. The summed E-state index contributed by atoms with van der Waals surface area (Å²) >= 11 is 3.66. The normalized spacial score (nSPS) is 14.0. The van der Waals surface area contributed by atoms with Crippen LogP contribution in [0.15, 0.2) is 10.7 Å². The van der Waals surface area contributed by atoms with Gasteiger partial charge in [-0.15, -0.1) is 0 Å². The van der Waals surface area contributed by atoms with E-state index in [2.05, 4.69) is 65.6 Å². The third-order valence-corrected chi connectivity index (χ3v) is 4.70. The molecule has 0 aliphatic rings. The van der Waals surface area contributed by atoms with Gasteiger partial charge in [0.05, 0.1) is 28.0 Å². The minimum absolute atomic E-state index is 0.117. The summed E-state index contributed by atoms with van der Waals surface area (Å²) in [6, 6.07) is 0.437. The second-order valence-corrected chi connectivity index (χ2v) is 6.24. The monoisotopic (exact) mass is 345 g/mol. The molecule has 1 aromatic rings. The number of nitrogens with zero attached hydrogens (tertiary/aromatic N) is 2. The van der Waals surface area contributed by atoms with E-state index in [4.69, 9.17) is 4.74 Å².